The molecule has 0 saturated carbocycles. The second kappa shape index (κ2) is 7.16. The van der Waals surface area contributed by atoms with Crippen LogP contribution in [0.1, 0.15) is 12.5 Å². The summed E-state index contributed by atoms with van der Waals surface area (Å²) >= 11 is 0. The van der Waals surface area contributed by atoms with E-state index in [-0.39, 0.29) is 5.70 Å². The third kappa shape index (κ3) is 3.37. The average molecular weight is 294 g/mol. The van der Waals surface area contributed by atoms with Gasteiger partial charge in [0.2, 0.25) is 0 Å². The maximum Gasteiger partial charge on any atom is 0.151 e. The normalized spacial score (nSPS) is 11.3. The number of rotatable bonds is 5. The molecule has 2 rings (SSSR count). The Balaban J connectivity index is 2.43. The Morgan fingerprint density at radius 3 is 2.50 bits per heavy atom. The van der Waals surface area contributed by atoms with E-state index in [1.165, 1.54) is 0 Å². The van der Waals surface area contributed by atoms with Gasteiger partial charge < -0.3 is 15.9 Å². The second-order valence-electron chi connectivity index (χ2n) is 4.59. The maximum absolute atomic E-state index is 8.99. The first-order chi connectivity index (χ1) is 10.7. The molecule has 22 heavy (non-hydrogen) atoms. The van der Waals surface area contributed by atoms with Crippen LogP contribution in [0.4, 0.5) is 0 Å². The molecule has 5 nitrogen and oxygen atoms in total. The average Bonchev–Trinajstić information content (AvgIpc) is 2.56. The maximum atomic E-state index is 8.99. The molecule has 0 aliphatic carbocycles. The lowest BCUT2D eigenvalue weighted by molar-refractivity contribution is 0.340. The number of allylic oxidation sites excluding steroid dienone is 1. The summed E-state index contributed by atoms with van der Waals surface area (Å²) in [5.74, 6) is 6.11. The largest absolute Gasteiger partial charge is 0.494 e. The summed E-state index contributed by atoms with van der Waals surface area (Å²) in [4.78, 5) is 0. The molecule has 0 radical (unpaired) electrons. The minimum atomic E-state index is 0.139. The fourth-order valence-electron chi connectivity index (χ4n) is 2.11. The van der Waals surface area contributed by atoms with Gasteiger partial charge >= 0.3 is 0 Å². The standard InChI is InChI=1S/C17H18N4O/c1-2-22-15-8-4-6-13(10-15)12-5-3-7-14(9-12)17(19)16(11-18)21-20/h3-10,21H,2,19-20H2,1H3/b17-16-. The van der Waals surface area contributed by atoms with E-state index in [1.807, 2.05) is 61.5 Å². The fourth-order valence-corrected chi connectivity index (χ4v) is 2.11. The van der Waals surface area contributed by atoms with Gasteiger partial charge in [-0.3, -0.25) is 0 Å². The van der Waals surface area contributed by atoms with Gasteiger partial charge in [0.05, 0.1) is 12.3 Å². The zero-order chi connectivity index (χ0) is 15.9. The van der Waals surface area contributed by atoms with E-state index in [0.717, 1.165) is 22.4 Å². The van der Waals surface area contributed by atoms with Crippen molar-refractivity contribution in [3.05, 3.63) is 59.8 Å². The molecule has 5 heteroatoms. The van der Waals surface area contributed by atoms with E-state index in [4.69, 9.17) is 21.6 Å². The summed E-state index contributed by atoms with van der Waals surface area (Å²) in [6.07, 6.45) is 0. The summed E-state index contributed by atoms with van der Waals surface area (Å²) in [6, 6.07) is 17.4. The number of hydrogen-bond acceptors (Lipinski definition) is 5. The van der Waals surface area contributed by atoms with Crippen LogP contribution in [-0.2, 0) is 0 Å². The van der Waals surface area contributed by atoms with Gasteiger partial charge in [-0.15, -0.1) is 0 Å². The molecule has 0 fully saturated rings. The van der Waals surface area contributed by atoms with Gasteiger partial charge in [-0.1, -0.05) is 30.3 Å². The Labute approximate surface area is 129 Å². The van der Waals surface area contributed by atoms with Crippen molar-refractivity contribution in [1.29, 1.82) is 5.26 Å². The predicted octanol–water partition coefficient (Wildman–Crippen LogP) is 2.37. The lowest BCUT2D eigenvalue weighted by Gasteiger charge is -2.09. The van der Waals surface area contributed by atoms with Crippen LogP contribution >= 0.6 is 0 Å². The van der Waals surface area contributed by atoms with Crippen LogP contribution in [0.5, 0.6) is 5.75 Å². The van der Waals surface area contributed by atoms with Gasteiger partial charge in [-0.25, -0.2) is 5.84 Å². The fraction of sp³-hybridized carbons (Fsp3) is 0.118. The lowest BCUT2D eigenvalue weighted by Crippen LogP contribution is -2.23. The molecular formula is C17H18N4O. The van der Waals surface area contributed by atoms with Crippen LogP contribution in [0.25, 0.3) is 16.8 Å². The molecule has 0 aliphatic heterocycles. The molecule has 0 unspecified atom stereocenters. The molecule has 0 heterocycles. The molecule has 0 atom stereocenters. The van der Waals surface area contributed by atoms with Crippen LogP contribution in [-0.4, -0.2) is 6.61 Å². The van der Waals surface area contributed by atoms with E-state index in [2.05, 4.69) is 5.43 Å². The van der Waals surface area contributed by atoms with Crippen molar-refractivity contribution in [1.82, 2.24) is 5.43 Å². The molecule has 0 aromatic heterocycles. The number of hydrazine groups is 1. The summed E-state index contributed by atoms with van der Waals surface area (Å²) in [7, 11) is 0. The SMILES string of the molecule is CCOc1cccc(-c2cccc(/C(N)=C(\C#N)NN)c2)c1. The highest BCUT2D eigenvalue weighted by molar-refractivity contribution is 5.74. The highest BCUT2D eigenvalue weighted by Crippen LogP contribution is 2.26. The molecule has 2 aromatic carbocycles. The van der Waals surface area contributed by atoms with Gasteiger partial charge in [0, 0.05) is 5.56 Å². The van der Waals surface area contributed by atoms with Gasteiger partial charge in [-0.2, -0.15) is 5.26 Å². The zero-order valence-corrected chi connectivity index (χ0v) is 12.3. The van der Waals surface area contributed by atoms with Crippen molar-refractivity contribution in [3.63, 3.8) is 0 Å². The summed E-state index contributed by atoms with van der Waals surface area (Å²) in [5.41, 5.74) is 11.5. The van der Waals surface area contributed by atoms with E-state index < -0.39 is 0 Å². The molecule has 2 aromatic rings. The van der Waals surface area contributed by atoms with Crippen LogP contribution in [0.2, 0.25) is 0 Å². The van der Waals surface area contributed by atoms with Gasteiger partial charge in [0.25, 0.3) is 0 Å². The van der Waals surface area contributed by atoms with Crippen molar-refractivity contribution in [2.75, 3.05) is 6.61 Å². The first-order valence-electron chi connectivity index (χ1n) is 6.89. The number of ether oxygens (including phenoxy) is 1. The lowest BCUT2D eigenvalue weighted by atomic mass is 10.0. The number of nitriles is 1. The smallest absolute Gasteiger partial charge is 0.151 e. The molecule has 0 saturated heterocycles. The Kier molecular flexibility index (Phi) is 5.02. The van der Waals surface area contributed by atoms with Gasteiger partial charge in [-0.05, 0) is 36.2 Å². The molecule has 0 spiro atoms. The Hall–Kier alpha value is -2.97. The molecule has 5 N–H and O–H groups in total. The first-order valence-corrected chi connectivity index (χ1v) is 6.89. The third-order valence-electron chi connectivity index (χ3n) is 3.18. The van der Waals surface area contributed by atoms with Crippen LogP contribution in [0, 0.1) is 11.3 Å². The van der Waals surface area contributed by atoms with Crippen molar-refractivity contribution in [3.8, 4) is 22.9 Å². The van der Waals surface area contributed by atoms with E-state index in [0.29, 0.717) is 12.3 Å². The van der Waals surface area contributed by atoms with E-state index in [1.54, 1.807) is 0 Å². The zero-order valence-electron chi connectivity index (χ0n) is 12.3. The highest BCUT2D eigenvalue weighted by Gasteiger charge is 2.07. The Morgan fingerprint density at radius 2 is 1.86 bits per heavy atom. The highest BCUT2D eigenvalue weighted by atomic mass is 16.5. The van der Waals surface area contributed by atoms with Crippen LogP contribution in [0.3, 0.4) is 0 Å². The van der Waals surface area contributed by atoms with Crippen molar-refractivity contribution < 1.29 is 4.74 Å². The van der Waals surface area contributed by atoms with Crippen LogP contribution in [0.15, 0.2) is 54.2 Å². The molecule has 0 amide bonds. The van der Waals surface area contributed by atoms with Gasteiger partial charge in [0.15, 0.2) is 5.70 Å². The van der Waals surface area contributed by atoms with Crippen LogP contribution < -0.4 is 21.7 Å². The quantitative estimate of drug-likeness (QED) is 0.447. The number of hydrogen-bond donors (Lipinski definition) is 3. The Morgan fingerprint density at radius 1 is 1.18 bits per heavy atom. The monoisotopic (exact) mass is 294 g/mol. The van der Waals surface area contributed by atoms with Gasteiger partial charge in [0.1, 0.15) is 11.8 Å². The van der Waals surface area contributed by atoms with Crippen molar-refractivity contribution in [2.24, 2.45) is 11.6 Å². The number of nitrogens with two attached hydrogens (primary N) is 2. The molecule has 112 valence electrons. The topological polar surface area (TPSA) is 97.1 Å². The van der Waals surface area contributed by atoms with E-state index in [9.17, 15) is 0 Å². The molecular weight excluding hydrogens is 276 g/mol. The molecule has 0 bridgehead atoms. The minimum absolute atomic E-state index is 0.139. The third-order valence-corrected chi connectivity index (χ3v) is 3.18. The predicted molar refractivity (Wildman–Crippen MR) is 87.1 cm³/mol. The summed E-state index contributed by atoms with van der Waals surface area (Å²) < 4.78 is 5.52. The second-order valence-corrected chi connectivity index (χ2v) is 4.59. The number of benzene rings is 2. The Bertz CT molecular complexity index is 731. The van der Waals surface area contributed by atoms with Crippen molar-refractivity contribution in [2.45, 2.75) is 6.92 Å². The number of nitrogens with zero attached hydrogens (tertiary/aromatic N) is 1. The molecule has 0 aliphatic rings. The van der Waals surface area contributed by atoms with E-state index >= 15 is 0 Å². The number of nitrogens with one attached hydrogen (secondary N) is 1. The first kappa shape index (κ1) is 15.4. The van der Waals surface area contributed by atoms with Crippen molar-refractivity contribution >= 4 is 5.70 Å². The summed E-state index contributed by atoms with van der Waals surface area (Å²) in [5, 5.41) is 8.99. The minimum Gasteiger partial charge on any atom is -0.494 e. The summed E-state index contributed by atoms with van der Waals surface area (Å²) in [6.45, 7) is 2.56.